The standard InChI is InChI=1S/C11H9Cl2N3O2/c12-8-7-14-16(11(18)10(8)13)6-5-15-4-2-1-3-9(15)17/h1-4,7H,5-6H2. The predicted octanol–water partition coefficient (Wildman–Crippen LogP) is 1.41. The molecule has 7 heteroatoms. The minimum Gasteiger partial charge on any atom is -0.314 e. The van der Waals surface area contributed by atoms with Crippen LogP contribution in [0.2, 0.25) is 10.0 Å². The normalized spacial score (nSPS) is 10.6. The van der Waals surface area contributed by atoms with Crippen LogP contribution in [0.1, 0.15) is 0 Å². The van der Waals surface area contributed by atoms with Gasteiger partial charge in [-0.25, -0.2) is 4.68 Å². The predicted molar refractivity (Wildman–Crippen MR) is 69.2 cm³/mol. The Bertz CT molecular complexity index is 678. The molecule has 2 aromatic heterocycles. The largest absolute Gasteiger partial charge is 0.314 e. The third-order valence-electron chi connectivity index (χ3n) is 2.39. The van der Waals surface area contributed by atoms with Gasteiger partial charge in [0.1, 0.15) is 5.02 Å². The van der Waals surface area contributed by atoms with Gasteiger partial charge < -0.3 is 4.57 Å². The molecular formula is C11H9Cl2N3O2. The van der Waals surface area contributed by atoms with E-state index in [0.29, 0.717) is 6.54 Å². The van der Waals surface area contributed by atoms with Crippen LogP contribution in [0.15, 0.2) is 40.2 Å². The zero-order valence-corrected chi connectivity index (χ0v) is 10.7. The van der Waals surface area contributed by atoms with Crippen LogP contribution >= 0.6 is 23.2 Å². The summed E-state index contributed by atoms with van der Waals surface area (Å²) in [5.74, 6) is 0. The molecule has 0 saturated heterocycles. The van der Waals surface area contributed by atoms with Gasteiger partial charge in [0.05, 0.1) is 17.8 Å². The van der Waals surface area contributed by atoms with Crippen molar-refractivity contribution in [2.45, 2.75) is 13.1 Å². The Kier molecular flexibility index (Phi) is 3.84. The fraction of sp³-hybridized carbons (Fsp3) is 0.182. The summed E-state index contributed by atoms with van der Waals surface area (Å²) in [6.07, 6.45) is 2.95. The average Bonchev–Trinajstić information content (AvgIpc) is 2.37. The fourth-order valence-corrected chi connectivity index (χ4v) is 1.72. The highest BCUT2D eigenvalue weighted by molar-refractivity contribution is 6.41. The molecule has 0 amide bonds. The van der Waals surface area contributed by atoms with E-state index in [9.17, 15) is 9.59 Å². The summed E-state index contributed by atoms with van der Waals surface area (Å²) in [5, 5.41) is 3.91. The molecule has 0 saturated carbocycles. The summed E-state index contributed by atoms with van der Waals surface area (Å²) in [7, 11) is 0. The summed E-state index contributed by atoms with van der Waals surface area (Å²) in [4.78, 5) is 23.1. The molecular weight excluding hydrogens is 277 g/mol. The Labute approximate surface area is 112 Å². The van der Waals surface area contributed by atoms with Crippen LogP contribution in [0.25, 0.3) is 0 Å². The van der Waals surface area contributed by atoms with Crippen molar-refractivity contribution in [3.63, 3.8) is 0 Å². The van der Waals surface area contributed by atoms with Crippen LogP contribution in [-0.4, -0.2) is 14.3 Å². The summed E-state index contributed by atoms with van der Waals surface area (Å²) < 4.78 is 2.66. The second-order valence-corrected chi connectivity index (χ2v) is 4.35. The summed E-state index contributed by atoms with van der Waals surface area (Å²) in [6, 6.07) is 4.85. The third kappa shape index (κ3) is 2.63. The van der Waals surface area contributed by atoms with Crippen LogP contribution in [0.4, 0.5) is 0 Å². The molecule has 0 radical (unpaired) electrons. The Balaban J connectivity index is 2.22. The highest BCUT2D eigenvalue weighted by Crippen LogP contribution is 2.14. The minimum absolute atomic E-state index is 0.0629. The summed E-state index contributed by atoms with van der Waals surface area (Å²) in [6.45, 7) is 0.587. The molecule has 0 atom stereocenters. The topological polar surface area (TPSA) is 56.9 Å². The number of aromatic nitrogens is 3. The van der Waals surface area contributed by atoms with Gasteiger partial charge in [-0.3, -0.25) is 9.59 Å². The molecule has 0 aliphatic rings. The molecule has 94 valence electrons. The van der Waals surface area contributed by atoms with E-state index in [1.807, 2.05) is 0 Å². The first-order valence-electron chi connectivity index (χ1n) is 5.16. The van der Waals surface area contributed by atoms with Crippen molar-refractivity contribution in [1.29, 1.82) is 0 Å². The van der Waals surface area contributed by atoms with Gasteiger partial charge in [-0.15, -0.1) is 0 Å². The SMILES string of the molecule is O=c1ccccn1CCn1ncc(Cl)c(Cl)c1=O. The fourth-order valence-electron chi connectivity index (χ4n) is 1.45. The first-order chi connectivity index (χ1) is 8.59. The molecule has 2 rings (SSSR count). The van der Waals surface area contributed by atoms with Crippen molar-refractivity contribution in [1.82, 2.24) is 14.3 Å². The molecule has 0 bridgehead atoms. The van der Waals surface area contributed by atoms with E-state index < -0.39 is 5.56 Å². The van der Waals surface area contributed by atoms with Crippen LogP contribution in [0.5, 0.6) is 0 Å². The first-order valence-corrected chi connectivity index (χ1v) is 5.92. The zero-order valence-electron chi connectivity index (χ0n) is 9.22. The van der Waals surface area contributed by atoms with Crippen molar-refractivity contribution >= 4 is 23.2 Å². The van der Waals surface area contributed by atoms with Crippen molar-refractivity contribution in [2.75, 3.05) is 0 Å². The van der Waals surface area contributed by atoms with E-state index in [1.165, 1.54) is 21.5 Å². The maximum absolute atomic E-state index is 11.7. The van der Waals surface area contributed by atoms with Gasteiger partial charge in [-0.05, 0) is 6.07 Å². The monoisotopic (exact) mass is 285 g/mol. The van der Waals surface area contributed by atoms with Crippen LogP contribution < -0.4 is 11.1 Å². The lowest BCUT2D eigenvalue weighted by Gasteiger charge is -2.07. The van der Waals surface area contributed by atoms with Crippen LogP contribution in [-0.2, 0) is 13.1 Å². The highest BCUT2D eigenvalue weighted by atomic mass is 35.5. The van der Waals surface area contributed by atoms with Gasteiger partial charge in [0.2, 0.25) is 0 Å². The lowest BCUT2D eigenvalue weighted by atomic mass is 10.4. The number of rotatable bonds is 3. The number of aryl methyl sites for hydroxylation is 2. The maximum Gasteiger partial charge on any atom is 0.287 e. The zero-order chi connectivity index (χ0) is 13.1. The molecule has 0 aliphatic heterocycles. The van der Waals surface area contributed by atoms with Gasteiger partial charge in [0.15, 0.2) is 0 Å². The molecule has 2 heterocycles. The molecule has 0 fully saturated rings. The van der Waals surface area contributed by atoms with Gasteiger partial charge in [0, 0.05) is 18.8 Å². The Morgan fingerprint density at radius 3 is 2.67 bits per heavy atom. The number of nitrogens with zero attached hydrogens (tertiary/aromatic N) is 3. The molecule has 5 nitrogen and oxygen atoms in total. The first kappa shape index (κ1) is 12.9. The third-order valence-corrected chi connectivity index (χ3v) is 3.14. The molecule has 18 heavy (non-hydrogen) atoms. The quantitative estimate of drug-likeness (QED) is 0.857. The van der Waals surface area contributed by atoms with E-state index in [4.69, 9.17) is 23.2 Å². The lowest BCUT2D eigenvalue weighted by molar-refractivity contribution is 0.502. The molecule has 0 aliphatic carbocycles. The van der Waals surface area contributed by atoms with E-state index in [1.54, 1.807) is 18.3 Å². The van der Waals surface area contributed by atoms with Gasteiger partial charge in [-0.2, -0.15) is 5.10 Å². The number of hydrogen-bond acceptors (Lipinski definition) is 3. The van der Waals surface area contributed by atoms with E-state index >= 15 is 0 Å². The second-order valence-electron chi connectivity index (χ2n) is 3.57. The number of hydrogen-bond donors (Lipinski definition) is 0. The molecule has 0 aromatic carbocycles. The Morgan fingerprint density at radius 2 is 1.94 bits per heavy atom. The van der Waals surface area contributed by atoms with Gasteiger partial charge >= 0.3 is 0 Å². The van der Waals surface area contributed by atoms with Crippen molar-refractivity contribution in [2.24, 2.45) is 0 Å². The molecule has 2 aromatic rings. The Hall–Kier alpha value is -1.59. The van der Waals surface area contributed by atoms with Crippen molar-refractivity contribution in [3.8, 4) is 0 Å². The van der Waals surface area contributed by atoms with E-state index in [2.05, 4.69) is 5.10 Å². The highest BCUT2D eigenvalue weighted by Gasteiger charge is 2.07. The minimum atomic E-state index is -0.465. The summed E-state index contributed by atoms with van der Waals surface area (Å²) in [5.41, 5.74) is -0.598. The van der Waals surface area contributed by atoms with Crippen molar-refractivity contribution < 1.29 is 0 Å². The maximum atomic E-state index is 11.7. The average molecular weight is 286 g/mol. The van der Waals surface area contributed by atoms with Crippen molar-refractivity contribution in [3.05, 3.63) is 61.3 Å². The molecule has 0 N–H and O–H groups in total. The Morgan fingerprint density at radius 1 is 1.17 bits per heavy atom. The van der Waals surface area contributed by atoms with E-state index in [0.717, 1.165) is 0 Å². The molecule has 0 spiro atoms. The van der Waals surface area contributed by atoms with Crippen LogP contribution in [0.3, 0.4) is 0 Å². The summed E-state index contributed by atoms with van der Waals surface area (Å²) >= 11 is 11.4. The smallest absolute Gasteiger partial charge is 0.287 e. The van der Waals surface area contributed by atoms with E-state index in [-0.39, 0.29) is 22.1 Å². The number of halogens is 2. The lowest BCUT2D eigenvalue weighted by Crippen LogP contribution is -2.28. The number of pyridine rings is 1. The second kappa shape index (κ2) is 5.37. The van der Waals surface area contributed by atoms with Crippen LogP contribution in [0, 0.1) is 0 Å². The van der Waals surface area contributed by atoms with Gasteiger partial charge in [0.25, 0.3) is 11.1 Å². The van der Waals surface area contributed by atoms with Gasteiger partial charge in [-0.1, -0.05) is 29.3 Å². The molecule has 0 unspecified atom stereocenters.